The quantitative estimate of drug-likeness (QED) is 0.152. The van der Waals surface area contributed by atoms with E-state index >= 15 is 0 Å². The maximum atomic E-state index is 2.42. The maximum Gasteiger partial charge on any atom is 0.0440 e. The Balaban J connectivity index is 1.36. The van der Waals surface area contributed by atoms with Crippen molar-refractivity contribution in [1.29, 1.82) is 0 Å². The summed E-state index contributed by atoms with van der Waals surface area (Å²) in [5.74, 6) is 0. The molecule has 0 saturated carbocycles. The molecule has 41 heavy (non-hydrogen) atoms. The van der Waals surface area contributed by atoms with E-state index in [2.05, 4.69) is 146 Å². The molecule has 0 N–H and O–H groups in total. The number of hydrogen-bond donors (Lipinski definition) is 0. The number of thiophene rings is 1. The second kappa shape index (κ2) is 8.76. The molecule has 0 amide bonds. The molecule has 0 unspecified atom stereocenters. The number of hydrogen-bond acceptors (Lipinski definition) is 1. The van der Waals surface area contributed by atoms with Crippen molar-refractivity contribution in [3.63, 3.8) is 0 Å². The fourth-order valence-corrected chi connectivity index (χ4v) is 8.04. The van der Waals surface area contributed by atoms with Crippen LogP contribution in [0.4, 0.5) is 0 Å². The monoisotopic (exact) mass is 536 g/mol. The summed E-state index contributed by atoms with van der Waals surface area (Å²) < 4.78 is 2.70. The molecule has 0 aliphatic heterocycles. The zero-order valence-corrected chi connectivity index (χ0v) is 23.1. The van der Waals surface area contributed by atoms with Gasteiger partial charge < -0.3 is 0 Å². The van der Waals surface area contributed by atoms with Crippen molar-refractivity contribution >= 4 is 74.6 Å². The minimum atomic E-state index is 1.25. The Hall–Kier alpha value is -4.98. The molecule has 0 aliphatic rings. The standard InChI is InChI=1S/C40H24S/c1-2-10-25(11-3-1)26-18-20-34-36(23-26)32-16-8-9-17-33(32)39-35-21-19-29(24-37(35)41-40(34)39)38-30-14-6-4-12-27(30)22-28-13-5-7-15-31(28)38/h1-24H. The Bertz CT molecular complexity index is 2410. The predicted molar refractivity (Wildman–Crippen MR) is 180 cm³/mol. The third-order valence-electron chi connectivity index (χ3n) is 8.61. The molecule has 0 radical (unpaired) electrons. The van der Waals surface area contributed by atoms with Crippen molar-refractivity contribution in [1.82, 2.24) is 0 Å². The van der Waals surface area contributed by atoms with E-state index in [-0.39, 0.29) is 0 Å². The van der Waals surface area contributed by atoms with Gasteiger partial charge in [0.15, 0.2) is 0 Å². The van der Waals surface area contributed by atoms with Gasteiger partial charge in [-0.25, -0.2) is 0 Å². The molecule has 0 aliphatic carbocycles. The van der Waals surface area contributed by atoms with E-state index in [9.17, 15) is 0 Å². The lowest BCUT2D eigenvalue weighted by atomic mass is 9.91. The molecule has 0 nitrogen and oxygen atoms in total. The topological polar surface area (TPSA) is 0 Å². The summed E-state index contributed by atoms with van der Waals surface area (Å²) >= 11 is 1.93. The fourth-order valence-electron chi connectivity index (χ4n) is 6.75. The lowest BCUT2D eigenvalue weighted by molar-refractivity contribution is 1.65. The molecule has 0 saturated heterocycles. The van der Waals surface area contributed by atoms with E-state index in [4.69, 9.17) is 0 Å². The lowest BCUT2D eigenvalue weighted by Gasteiger charge is -2.12. The molecule has 9 rings (SSSR count). The average molecular weight is 537 g/mol. The van der Waals surface area contributed by atoms with Gasteiger partial charge in [-0.1, -0.05) is 127 Å². The van der Waals surface area contributed by atoms with Gasteiger partial charge in [-0.3, -0.25) is 0 Å². The predicted octanol–water partition coefficient (Wildman–Crippen LogP) is 12.0. The Morgan fingerprint density at radius 3 is 1.71 bits per heavy atom. The third kappa shape index (κ3) is 3.40. The van der Waals surface area contributed by atoms with Crippen LogP contribution in [-0.4, -0.2) is 0 Å². The van der Waals surface area contributed by atoms with Crippen molar-refractivity contribution < 1.29 is 0 Å². The molecule has 0 atom stereocenters. The Morgan fingerprint density at radius 2 is 0.951 bits per heavy atom. The van der Waals surface area contributed by atoms with Crippen LogP contribution >= 0.6 is 11.3 Å². The molecular weight excluding hydrogens is 513 g/mol. The normalized spacial score (nSPS) is 11.9. The highest BCUT2D eigenvalue weighted by atomic mass is 32.1. The average Bonchev–Trinajstić information content (AvgIpc) is 3.43. The van der Waals surface area contributed by atoms with Crippen LogP contribution in [0.2, 0.25) is 0 Å². The molecular formula is C40H24S. The minimum absolute atomic E-state index is 1.25. The third-order valence-corrected chi connectivity index (χ3v) is 9.79. The second-order valence-electron chi connectivity index (χ2n) is 10.9. The van der Waals surface area contributed by atoms with Crippen molar-refractivity contribution in [2.24, 2.45) is 0 Å². The summed E-state index contributed by atoms with van der Waals surface area (Å²) in [5.41, 5.74) is 5.10. The summed E-state index contributed by atoms with van der Waals surface area (Å²) in [5, 5.41) is 13.2. The van der Waals surface area contributed by atoms with E-state index in [0.717, 1.165) is 0 Å². The number of benzene rings is 8. The van der Waals surface area contributed by atoms with Crippen LogP contribution < -0.4 is 0 Å². The van der Waals surface area contributed by atoms with E-state index in [1.54, 1.807) is 0 Å². The second-order valence-corrected chi connectivity index (χ2v) is 11.9. The van der Waals surface area contributed by atoms with Crippen molar-refractivity contribution in [2.45, 2.75) is 0 Å². The van der Waals surface area contributed by atoms with Gasteiger partial charge in [-0.2, -0.15) is 0 Å². The van der Waals surface area contributed by atoms with Crippen molar-refractivity contribution in [3.05, 3.63) is 146 Å². The lowest BCUT2D eigenvalue weighted by Crippen LogP contribution is -1.85. The molecule has 0 bridgehead atoms. The van der Waals surface area contributed by atoms with E-state index in [1.165, 1.54) is 85.5 Å². The van der Waals surface area contributed by atoms with E-state index in [1.807, 2.05) is 11.3 Å². The first-order valence-corrected chi connectivity index (χ1v) is 14.9. The van der Waals surface area contributed by atoms with Crippen LogP contribution in [0.1, 0.15) is 0 Å². The first kappa shape index (κ1) is 22.8. The van der Waals surface area contributed by atoms with Crippen LogP contribution in [0.15, 0.2) is 146 Å². The smallest absolute Gasteiger partial charge is 0.0440 e. The van der Waals surface area contributed by atoms with E-state index in [0.29, 0.717) is 0 Å². The first-order valence-electron chi connectivity index (χ1n) is 14.1. The van der Waals surface area contributed by atoms with Gasteiger partial charge in [0.05, 0.1) is 0 Å². The van der Waals surface area contributed by atoms with Crippen LogP contribution in [0.3, 0.4) is 0 Å². The van der Waals surface area contributed by atoms with Gasteiger partial charge in [-0.15, -0.1) is 11.3 Å². The zero-order chi connectivity index (χ0) is 26.9. The van der Waals surface area contributed by atoms with Gasteiger partial charge in [0.1, 0.15) is 0 Å². The highest BCUT2D eigenvalue weighted by molar-refractivity contribution is 7.27. The van der Waals surface area contributed by atoms with Crippen LogP contribution in [0.25, 0.3) is 85.5 Å². The molecule has 9 aromatic rings. The van der Waals surface area contributed by atoms with Crippen LogP contribution in [0, 0.1) is 0 Å². The number of rotatable bonds is 2. The summed E-state index contributed by atoms with van der Waals surface area (Å²) in [7, 11) is 0. The Kier molecular flexibility index (Phi) is 4.87. The fraction of sp³-hybridized carbons (Fsp3) is 0. The minimum Gasteiger partial charge on any atom is -0.134 e. The van der Waals surface area contributed by atoms with Crippen LogP contribution in [0.5, 0.6) is 0 Å². The first-order chi connectivity index (χ1) is 20.3. The largest absolute Gasteiger partial charge is 0.134 e. The van der Waals surface area contributed by atoms with Crippen molar-refractivity contribution in [3.8, 4) is 22.3 Å². The summed E-state index contributed by atoms with van der Waals surface area (Å²) in [6, 6.07) is 53.6. The molecule has 190 valence electrons. The van der Waals surface area contributed by atoms with Gasteiger partial charge >= 0.3 is 0 Å². The highest BCUT2D eigenvalue weighted by Gasteiger charge is 2.17. The van der Waals surface area contributed by atoms with E-state index < -0.39 is 0 Å². The molecule has 0 fully saturated rings. The van der Waals surface area contributed by atoms with Gasteiger partial charge in [0, 0.05) is 25.6 Å². The summed E-state index contributed by atoms with van der Waals surface area (Å²) in [6.45, 7) is 0. The summed E-state index contributed by atoms with van der Waals surface area (Å²) in [4.78, 5) is 0. The Morgan fingerprint density at radius 1 is 0.341 bits per heavy atom. The molecule has 8 aromatic carbocycles. The highest BCUT2D eigenvalue weighted by Crippen LogP contribution is 2.46. The SMILES string of the molecule is c1ccc(-c2ccc3c(c2)c2ccccc2c2c4ccc(-c5c6ccccc6cc6ccccc56)cc4sc32)cc1. The maximum absolute atomic E-state index is 2.42. The van der Waals surface area contributed by atoms with Gasteiger partial charge in [-0.05, 0) is 78.2 Å². The molecule has 1 heteroatoms. The van der Waals surface area contributed by atoms with Crippen molar-refractivity contribution in [2.75, 3.05) is 0 Å². The van der Waals surface area contributed by atoms with Gasteiger partial charge in [0.25, 0.3) is 0 Å². The zero-order valence-electron chi connectivity index (χ0n) is 22.3. The number of fused-ring (bicyclic) bond motifs is 10. The molecule has 0 spiro atoms. The Labute approximate surface area is 241 Å². The molecule has 1 aromatic heterocycles. The molecule has 1 heterocycles. The van der Waals surface area contributed by atoms with Crippen LogP contribution in [-0.2, 0) is 0 Å². The van der Waals surface area contributed by atoms with Gasteiger partial charge in [0.2, 0.25) is 0 Å². The summed E-state index contributed by atoms with van der Waals surface area (Å²) in [6.07, 6.45) is 0.